The third-order valence-electron chi connectivity index (χ3n) is 7.61. The molecule has 0 aliphatic carbocycles. The molecule has 9 heteroatoms. The maximum Gasteiger partial charge on any atom is 0.349 e. The molecule has 0 radical (unpaired) electrons. The number of benzene rings is 2. The number of hydrogen-bond acceptors (Lipinski definition) is 6. The van der Waals surface area contributed by atoms with Crippen molar-refractivity contribution in [2.24, 2.45) is 0 Å². The summed E-state index contributed by atoms with van der Waals surface area (Å²) in [5, 5.41) is 5.52. The van der Waals surface area contributed by atoms with Gasteiger partial charge in [-0.05, 0) is 63.4 Å². The lowest BCUT2D eigenvalue weighted by Crippen LogP contribution is -2.30. The van der Waals surface area contributed by atoms with Gasteiger partial charge in [-0.1, -0.05) is 24.6 Å². The van der Waals surface area contributed by atoms with E-state index in [1.807, 2.05) is 30.3 Å². The number of thiophene rings is 1. The molecule has 1 atom stereocenters. The van der Waals surface area contributed by atoms with Crippen molar-refractivity contribution in [3.63, 3.8) is 0 Å². The number of nitrogens with zero attached hydrogens (tertiary/aromatic N) is 3. The van der Waals surface area contributed by atoms with E-state index in [1.165, 1.54) is 0 Å². The van der Waals surface area contributed by atoms with Gasteiger partial charge in [-0.25, -0.2) is 9.78 Å². The van der Waals surface area contributed by atoms with Crippen molar-refractivity contribution in [2.45, 2.75) is 65.6 Å². The molecule has 3 aromatic heterocycles. The summed E-state index contributed by atoms with van der Waals surface area (Å²) in [6, 6.07) is 14.0. The van der Waals surface area contributed by atoms with Gasteiger partial charge in [-0.2, -0.15) is 0 Å². The number of aromatic nitrogens is 3. The van der Waals surface area contributed by atoms with Crippen LogP contribution in [0.4, 0.5) is 5.69 Å². The van der Waals surface area contributed by atoms with Crippen LogP contribution in [0.15, 0.2) is 47.3 Å². The van der Waals surface area contributed by atoms with Crippen molar-refractivity contribution in [1.29, 1.82) is 0 Å². The Morgan fingerprint density at radius 3 is 2.72 bits per heavy atom. The standard InChI is InChI=1S/C30H30N4O4S/c1-4-33-22-11-8-7-10-20(22)21-16-19(13-14-23(21)33)31-27(35)18(3)38-30(37)26-17(2)25-28(39-26)32-24-12-6-5-9-15-34(24)29(25)36/h7-8,10-11,13-14,16,18H,4-6,9,12,15H2,1-3H3,(H,31,35). The summed E-state index contributed by atoms with van der Waals surface area (Å²) in [7, 11) is 0. The van der Waals surface area contributed by atoms with Gasteiger partial charge in [-0.15, -0.1) is 11.3 Å². The molecule has 4 heterocycles. The lowest BCUT2D eigenvalue weighted by atomic mass is 10.1. The molecule has 200 valence electrons. The summed E-state index contributed by atoms with van der Waals surface area (Å²) in [5.41, 5.74) is 3.33. The van der Waals surface area contributed by atoms with Gasteiger partial charge in [0, 0.05) is 47.0 Å². The molecule has 0 saturated carbocycles. The van der Waals surface area contributed by atoms with E-state index in [4.69, 9.17) is 9.72 Å². The van der Waals surface area contributed by atoms with E-state index in [9.17, 15) is 14.4 Å². The van der Waals surface area contributed by atoms with Crippen LogP contribution >= 0.6 is 11.3 Å². The minimum Gasteiger partial charge on any atom is -0.448 e. The first-order chi connectivity index (χ1) is 18.9. The SMILES string of the molecule is CCn1c2ccccc2c2cc(NC(=O)C(C)OC(=O)c3sc4nc5n(c(=O)c4c3C)CCCCC5)ccc21. The number of amides is 1. The van der Waals surface area contributed by atoms with Crippen molar-refractivity contribution in [2.75, 3.05) is 5.32 Å². The van der Waals surface area contributed by atoms with E-state index in [2.05, 4.69) is 28.9 Å². The van der Waals surface area contributed by atoms with Gasteiger partial charge in [0.1, 0.15) is 15.5 Å². The molecule has 1 unspecified atom stereocenters. The minimum absolute atomic E-state index is 0.102. The first-order valence-electron chi connectivity index (χ1n) is 13.4. The van der Waals surface area contributed by atoms with E-state index in [-0.39, 0.29) is 5.56 Å². The van der Waals surface area contributed by atoms with Crippen LogP contribution in [0.25, 0.3) is 32.0 Å². The number of fused-ring (bicyclic) bond motifs is 5. The summed E-state index contributed by atoms with van der Waals surface area (Å²) in [5.74, 6) is -0.275. The zero-order chi connectivity index (χ0) is 27.3. The van der Waals surface area contributed by atoms with Gasteiger partial charge in [0.15, 0.2) is 6.10 Å². The Morgan fingerprint density at radius 1 is 1.10 bits per heavy atom. The predicted molar refractivity (Wildman–Crippen MR) is 155 cm³/mol. The fourth-order valence-corrected chi connectivity index (χ4v) is 6.66. The Balaban J connectivity index is 1.23. The summed E-state index contributed by atoms with van der Waals surface area (Å²) < 4.78 is 9.55. The molecule has 0 saturated heterocycles. The van der Waals surface area contributed by atoms with E-state index in [1.54, 1.807) is 18.4 Å². The molecular formula is C30H30N4O4S. The summed E-state index contributed by atoms with van der Waals surface area (Å²) in [6.07, 6.45) is 2.74. The molecule has 5 aromatic rings. The van der Waals surface area contributed by atoms with Crippen molar-refractivity contribution in [3.8, 4) is 0 Å². The number of rotatable bonds is 5. The van der Waals surface area contributed by atoms with E-state index < -0.39 is 18.0 Å². The Morgan fingerprint density at radius 2 is 1.90 bits per heavy atom. The first kappa shape index (κ1) is 25.3. The van der Waals surface area contributed by atoms with Crippen LogP contribution in [-0.4, -0.2) is 32.1 Å². The molecule has 1 aliphatic rings. The van der Waals surface area contributed by atoms with Gasteiger partial charge in [0.25, 0.3) is 11.5 Å². The average Bonchev–Trinajstić information content (AvgIpc) is 3.31. The number of carbonyl (C=O) groups excluding carboxylic acids is 2. The fourth-order valence-electron chi connectivity index (χ4n) is 5.59. The Bertz CT molecular complexity index is 1830. The summed E-state index contributed by atoms with van der Waals surface area (Å²) in [4.78, 5) is 44.9. The molecule has 1 N–H and O–H groups in total. The van der Waals surface area contributed by atoms with Gasteiger partial charge in [0.2, 0.25) is 0 Å². The highest BCUT2D eigenvalue weighted by atomic mass is 32.1. The van der Waals surface area contributed by atoms with Crippen LogP contribution in [0.5, 0.6) is 0 Å². The maximum atomic E-state index is 13.2. The molecule has 8 nitrogen and oxygen atoms in total. The zero-order valence-electron chi connectivity index (χ0n) is 22.2. The van der Waals surface area contributed by atoms with Crippen LogP contribution in [0, 0.1) is 6.92 Å². The number of aryl methyl sites for hydroxylation is 3. The molecule has 39 heavy (non-hydrogen) atoms. The van der Waals surface area contributed by atoms with Crippen molar-refractivity contribution in [1.82, 2.24) is 14.1 Å². The molecule has 0 spiro atoms. The third-order valence-corrected chi connectivity index (χ3v) is 8.77. The Hall–Kier alpha value is -3.98. The van der Waals surface area contributed by atoms with Gasteiger partial charge >= 0.3 is 5.97 Å². The number of hydrogen-bond donors (Lipinski definition) is 1. The quantitative estimate of drug-likeness (QED) is 0.283. The maximum absolute atomic E-state index is 13.2. The fraction of sp³-hybridized carbons (Fsp3) is 0.333. The zero-order valence-corrected chi connectivity index (χ0v) is 23.1. The highest BCUT2D eigenvalue weighted by Crippen LogP contribution is 2.32. The molecule has 6 rings (SSSR count). The number of carbonyl (C=O) groups is 2. The molecule has 0 fully saturated rings. The second-order valence-electron chi connectivity index (χ2n) is 10.1. The Labute approximate surface area is 229 Å². The van der Waals surface area contributed by atoms with E-state index in [0.29, 0.717) is 32.9 Å². The largest absolute Gasteiger partial charge is 0.448 e. The average molecular weight is 543 g/mol. The van der Waals surface area contributed by atoms with Gasteiger partial charge < -0.3 is 14.6 Å². The van der Waals surface area contributed by atoms with E-state index >= 15 is 0 Å². The number of esters is 1. The molecule has 0 bridgehead atoms. The number of nitrogens with one attached hydrogen (secondary N) is 1. The van der Waals surface area contributed by atoms with Gasteiger partial charge in [0.05, 0.1) is 5.39 Å². The predicted octanol–water partition coefficient (Wildman–Crippen LogP) is 5.80. The topological polar surface area (TPSA) is 95.2 Å². The monoisotopic (exact) mass is 542 g/mol. The lowest BCUT2D eigenvalue weighted by Gasteiger charge is -2.13. The first-order valence-corrected chi connectivity index (χ1v) is 14.2. The molecule has 1 aliphatic heterocycles. The number of anilines is 1. The van der Waals surface area contributed by atoms with Crippen LogP contribution in [0.1, 0.15) is 54.2 Å². The summed E-state index contributed by atoms with van der Waals surface area (Å²) in [6.45, 7) is 6.89. The van der Waals surface area contributed by atoms with E-state index in [0.717, 1.165) is 71.2 Å². The van der Waals surface area contributed by atoms with Crippen LogP contribution < -0.4 is 10.9 Å². The molecule has 2 aromatic carbocycles. The highest BCUT2D eigenvalue weighted by Gasteiger charge is 2.26. The smallest absolute Gasteiger partial charge is 0.349 e. The third kappa shape index (κ3) is 4.30. The van der Waals surface area contributed by atoms with Crippen LogP contribution in [0.3, 0.4) is 0 Å². The summed E-state index contributed by atoms with van der Waals surface area (Å²) >= 11 is 1.16. The molecular weight excluding hydrogens is 512 g/mol. The van der Waals surface area contributed by atoms with Crippen LogP contribution in [0.2, 0.25) is 0 Å². The second kappa shape index (κ2) is 9.96. The van der Waals surface area contributed by atoms with Crippen LogP contribution in [-0.2, 0) is 29.0 Å². The minimum atomic E-state index is -1.03. The number of para-hydroxylation sites is 1. The molecule has 1 amide bonds. The highest BCUT2D eigenvalue weighted by molar-refractivity contribution is 7.20. The van der Waals surface area contributed by atoms with Crippen molar-refractivity contribution in [3.05, 3.63) is 69.1 Å². The number of ether oxygens (including phenoxy) is 1. The Kier molecular flexibility index (Phi) is 6.46. The second-order valence-corrected chi connectivity index (χ2v) is 11.1. The van der Waals surface area contributed by atoms with Crippen molar-refractivity contribution >= 4 is 60.9 Å². The lowest BCUT2D eigenvalue weighted by molar-refractivity contribution is -0.123. The van der Waals surface area contributed by atoms with Crippen molar-refractivity contribution < 1.29 is 14.3 Å². The van der Waals surface area contributed by atoms with Gasteiger partial charge in [-0.3, -0.25) is 14.2 Å². The normalized spacial score (nSPS) is 14.3.